The number of ether oxygens (including phenoxy) is 8. The van der Waals surface area contributed by atoms with Gasteiger partial charge in [-0.3, -0.25) is 9.59 Å². The molecular weight excluding hydrogens is 508 g/mol. The summed E-state index contributed by atoms with van der Waals surface area (Å²) >= 11 is 0. The summed E-state index contributed by atoms with van der Waals surface area (Å²) in [4.78, 5) is 26.1. The number of allylic oxidation sites excluding steroid dienone is 1. The first-order valence-corrected chi connectivity index (χ1v) is 12.1. The summed E-state index contributed by atoms with van der Waals surface area (Å²) in [7, 11) is 6.06. The number of carbonyl (C=O) groups excluding carboxylic acids is 2. The van der Waals surface area contributed by atoms with Gasteiger partial charge in [0.05, 0.1) is 40.4 Å². The Morgan fingerprint density at radius 2 is 1.59 bits per heavy atom. The predicted octanol–water partition coefficient (Wildman–Crippen LogP) is 4.51. The number of rotatable bonds is 6. The normalized spacial score (nSPS) is 17.7. The van der Waals surface area contributed by atoms with E-state index in [1.165, 1.54) is 28.4 Å². The van der Waals surface area contributed by atoms with E-state index < -0.39 is 11.9 Å². The number of benzene rings is 3. The number of hydrogen-bond donors (Lipinski definition) is 0. The van der Waals surface area contributed by atoms with Crippen molar-refractivity contribution in [1.29, 1.82) is 0 Å². The van der Waals surface area contributed by atoms with Crippen LogP contribution in [0, 0.1) is 0 Å². The fraction of sp³-hybridized carbons (Fsp3) is 0.241. The van der Waals surface area contributed by atoms with Crippen LogP contribution in [0.2, 0.25) is 0 Å². The zero-order valence-electron chi connectivity index (χ0n) is 21.6. The third-order valence-corrected chi connectivity index (χ3v) is 6.88. The lowest BCUT2D eigenvalue weighted by Crippen LogP contribution is -2.21. The van der Waals surface area contributed by atoms with Gasteiger partial charge in [-0.15, -0.1) is 0 Å². The number of hydrogen-bond acceptors (Lipinski definition) is 10. The third kappa shape index (κ3) is 3.87. The molecule has 10 nitrogen and oxygen atoms in total. The van der Waals surface area contributed by atoms with Crippen molar-refractivity contribution in [3.05, 3.63) is 64.4 Å². The summed E-state index contributed by atoms with van der Waals surface area (Å²) in [6.07, 6.45) is 1.62. The molecule has 6 rings (SSSR count). The van der Waals surface area contributed by atoms with Crippen LogP contribution in [0.4, 0.5) is 0 Å². The van der Waals surface area contributed by atoms with Crippen molar-refractivity contribution in [3.8, 4) is 46.0 Å². The number of Topliss-reactive ketones (excluding diaryl/α,β-unsaturated/α-hetero) is 1. The number of carbonyl (C=O) groups is 2. The first-order valence-electron chi connectivity index (χ1n) is 12.1. The zero-order valence-corrected chi connectivity index (χ0v) is 21.6. The lowest BCUT2D eigenvalue weighted by atomic mass is 9.84. The van der Waals surface area contributed by atoms with Crippen molar-refractivity contribution in [2.75, 3.05) is 35.2 Å². The van der Waals surface area contributed by atoms with Gasteiger partial charge >= 0.3 is 5.97 Å². The van der Waals surface area contributed by atoms with E-state index in [0.717, 1.165) is 5.56 Å². The van der Waals surface area contributed by atoms with Crippen LogP contribution in [0.5, 0.6) is 46.0 Å². The maximum Gasteiger partial charge on any atom is 0.312 e. The van der Waals surface area contributed by atoms with Crippen LogP contribution in [0.1, 0.15) is 39.4 Å². The Balaban J connectivity index is 1.45. The van der Waals surface area contributed by atoms with Crippen molar-refractivity contribution in [1.82, 2.24) is 0 Å². The van der Waals surface area contributed by atoms with E-state index in [-0.39, 0.29) is 24.8 Å². The Bertz CT molecular complexity index is 1550. The SMILES string of the molecule is COc1cc(C2CC(=O)Oc3ccc4c(c32)OC(=Cc2ccc(OC)c(OC)c2OC)C4=O)cc2c1OCO2. The molecule has 0 amide bonds. The molecule has 1 atom stereocenters. The van der Waals surface area contributed by atoms with Crippen molar-refractivity contribution >= 4 is 17.8 Å². The Hall–Kier alpha value is -4.86. The van der Waals surface area contributed by atoms with Gasteiger partial charge in [-0.05, 0) is 48.0 Å². The van der Waals surface area contributed by atoms with Gasteiger partial charge in [-0.2, -0.15) is 0 Å². The second-order valence-corrected chi connectivity index (χ2v) is 8.91. The van der Waals surface area contributed by atoms with Crippen molar-refractivity contribution in [3.63, 3.8) is 0 Å². The van der Waals surface area contributed by atoms with Crippen LogP contribution < -0.4 is 37.9 Å². The minimum absolute atomic E-state index is 0.0341. The molecule has 10 heteroatoms. The zero-order chi connectivity index (χ0) is 27.3. The molecule has 0 aromatic heterocycles. The van der Waals surface area contributed by atoms with Crippen molar-refractivity contribution in [2.24, 2.45) is 0 Å². The summed E-state index contributed by atoms with van der Waals surface area (Å²) < 4.78 is 44.7. The topological polar surface area (TPSA) is 108 Å². The fourth-order valence-electron chi connectivity index (χ4n) is 5.12. The lowest BCUT2D eigenvalue weighted by molar-refractivity contribution is -0.135. The summed E-state index contributed by atoms with van der Waals surface area (Å²) in [6.45, 7) is 0.0687. The van der Waals surface area contributed by atoms with Crippen LogP contribution in [-0.4, -0.2) is 47.0 Å². The summed E-state index contributed by atoms with van der Waals surface area (Å²) in [5, 5.41) is 0. The minimum atomic E-state index is -0.484. The molecule has 39 heavy (non-hydrogen) atoms. The van der Waals surface area contributed by atoms with Gasteiger partial charge in [-0.25, -0.2) is 0 Å². The fourth-order valence-corrected chi connectivity index (χ4v) is 5.12. The number of methoxy groups -OCH3 is 4. The molecule has 3 aromatic rings. The molecule has 0 saturated heterocycles. The molecule has 0 spiro atoms. The summed E-state index contributed by atoms with van der Waals surface area (Å²) in [5.41, 5.74) is 2.24. The monoisotopic (exact) mass is 532 g/mol. The van der Waals surface area contributed by atoms with E-state index >= 15 is 0 Å². The summed E-state index contributed by atoms with van der Waals surface area (Å²) in [5.74, 6) is 2.28. The molecule has 3 heterocycles. The van der Waals surface area contributed by atoms with E-state index in [0.29, 0.717) is 62.7 Å². The van der Waals surface area contributed by atoms with E-state index in [9.17, 15) is 9.59 Å². The van der Waals surface area contributed by atoms with E-state index in [1.54, 1.807) is 42.5 Å². The Labute approximate surface area is 223 Å². The van der Waals surface area contributed by atoms with Gasteiger partial charge in [0, 0.05) is 17.0 Å². The van der Waals surface area contributed by atoms with Gasteiger partial charge in [0.15, 0.2) is 28.8 Å². The molecule has 1 unspecified atom stereocenters. The second kappa shape index (κ2) is 9.46. The quantitative estimate of drug-likeness (QED) is 0.256. The Morgan fingerprint density at radius 3 is 2.33 bits per heavy atom. The largest absolute Gasteiger partial charge is 0.493 e. The molecule has 3 aliphatic heterocycles. The van der Waals surface area contributed by atoms with E-state index in [1.807, 2.05) is 0 Å². The number of fused-ring (bicyclic) bond motifs is 4. The highest BCUT2D eigenvalue weighted by atomic mass is 16.7. The Morgan fingerprint density at radius 1 is 0.795 bits per heavy atom. The predicted molar refractivity (Wildman–Crippen MR) is 137 cm³/mol. The van der Waals surface area contributed by atoms with Gasteiger partial charge in [-0.1, -0.05) is 0 Å². The Kier molecular flexibility index (Phi) is 5.94. The molecule has 0 N–H and O–H groups in total. The molecule has 200 valence electrons. The smallest absolute Gasteiger partial charge is 0.312 e. The van der Waals surface area contributed by atoms with Crippen LogP contribution in [0.3, 0.4) is 0 Å². The molecule has 3 aromatic carbocycles. The molecule has 0 aliphatic carbocycles. The highest BCUT2D eigenvalue weighted by molar-refractivity contribution is 6.15. The average molecular weight is 533 g/mol. The highest BCUT2D eigenvalue weighted by Crippen LogP contribution is 2.52. The average Bonchev–Trinajstić information content (AvgIpc) is 3.55. The summed E-state index contributed by atoms with van der Waals surface area (Å²) in [6, 6.07) is 10.3. The first kappa shape index (κ1) is 24.5. The van der Waals surface area contributed by atoms with Crippen molar-refractivity contribution < 1.29 is 47.5 Å². The molecule has 0 saturated carbocycles. The molecular formula is C29H24O10. The van der Waals surface area contributed by atoms with E-state index in [4.69, 9.17) is 37.9 Å². The maximum absolute atomic E-state index is 13.5. The molecule has 0 fully saturated rings. The molecule has 3 aliphatic rings. The van der Waals surface area contributed by atoms with Gasteiger partial charge in [0.25, 0.3) is 0 Å². The van der Waals surface area contributed by atoms with Crippen LogP contribution in [0.25, 0.3) is 6.08 Å². The standard InChI is InChI=1S/C29H24O10/c1-32-19-7-5-14(26(34-3)29(19)35-4)9-20-25(31)16-6-8-18-24(27(16)39-20)17(12-23(30)38-18)15-10-21(33-2)28-22(11-15)36-13-37-28/h5-11,17H,12-13H2,1-4H3. The minimum Gasteiger partial charge on any atom is -0.493 e. The number of ketones is 1. The van der Waals surface area contributed by atoms with Crippen LogP contribution in [0.15, 0.2) is 42.2 Å². The van der Waals surface area contributed by atoms with Gasteiger partial charge in [0.1, 0.15) is 11.5 Å². The third-order valence-electron chi connectivity index (χ3n) is 6.88. The van der Waals surface area contributed by atoms with Crippen LogP contribution in [-0.2, 0) is 4.79 Å². The molecule has 0 bridgehead atoms. The number of esters is 1. The van der Waals surface area contributed by atoms with Crippen LogP contribution >= 0.6 is 0 Å². The first-order chi connectivity index (χ1) is 19.0. The highest BCUT2D eigenvalue weighted by Gasteiger charge is 2.39. The lowest BCUT2D eigenvalue weighted by Gasteiger charge is -2.26. The molecule has 0 radical (unpaired) electrons. The van der Waals surface area contributed by atoms with Gasteiger partial charge in [0.2, 0.25) is 24.1 Å². The van der Waals surface area contributed by atoms with Crippen molar-refractivity contribution in [2.45, 2.75) is 12.3 Å². The van der Waals surface area contributed by atoms with Gasteiger partial charge < -0.3 is 37.9 Å². The maximum atomic E-state index is 13.5. The van der Waals surface area contributed by atoms with E-state index in [2.05, 4.69) is 0 Å². The second-order valence-electron chi connectivity index (χ2n) is 8.91.